The van der Waals surface area contributed by atoms with Crippen molar-refractivity contribution in [3.05, 3.63) is 65.5 Å². The van der Waals surface area contributed by atoms with Crippen LogP contribution in [-0.4, -0.2) is 72.6 Å². The Morgan fingerprint density at radius 1 is 1.09 bits per heavy atom. The zero-order valence-corrected chi connectivity index (χ0v) is 28.1. The maximum atomic E-state index is 13.4. The Bertz CT molecular complexity index is 1560. The zero-order valence-electron chi connectivity index (χ0n) is 27.3. The Morgan fingerprint density at radius 2 is 1.72 bits per heavy atom. The lowest BCUT2D eigenvalue weighted by Gasteiger charge is -2.33. The molecule has 47 heavy (non-hydrogen) atoms. The minimum absolute atomic E-state index is 0.0357. The van der Waals surface area contributed by atoms with Crippen LogP contribution in [0.15, 0.2) is 57.9 Å². The van der Waals surface area contributed by atoms with Gasteiger partial charge in [-0.05, 0) is 67.9 Å². The van der Waals surface area contributed by atoms with Crippen molar-refractivity contribution in [1.29, 1.82) is 0 Å². The van der Waals surface area contributed by atoms with Crippen LogP contribution in [0.3, 0.4) is 0 Å². The van der Waals surface area contributed by atoms with Crippen LogP contribution in [0.4, 0.5) is 14.8 Å². The molecule has 3 N–H and O–H groups in total. The smallest absolute Gasteiger partial charge is 0.324 e. The Labute approximate surface area is 275 Å². The largest absolute Gasteiger partial charge is 0.494 e. The van der Waals surface area contributed by atoms with Crippen LogP contribution in [0.2, 0.25) is 0 Å². The fraction of sp³-hybridized carbons (Fsp3) is 0.545. The summed E-state index contributed by atoms with van der Waals surface area (Å²) in [5.41, 5.74) is 7.59. The van der Waals surface area contributed by atoms with Crippen molar-refractivity contribution >= 4 is 22.0 Å². The Kier molecular flexibility index (Phi) is 12.0. The van der Waals surface area contributed by atoms with E-state index in [-0.39, 0.29) is 23.8 Å². The van der Waals surface area contributed by atoms with Crippen molar-refractivity contribution < 1.29 is 35.8 Å². The van der Waals surface area contributed by atoms with E-state index in [0.29, 0.717) is 35.8 Å². The second-order valence-corrected chi connectivity index (χ2v) is 14.2. The fourth-order valence-electron chi connectivity index (χ4n) is 5.59. The number of aromatic nitrogens is 2. The van der Waals surface area contributed by atoms with E-state index in [1.54, 1.807) is 36.4 Å². The topological polar surface area (TPSA) is 152 Å². The monoisotopic (exact) mass is 677 g/mol. The molecule has 2 saturated heterocycles. The van der Waals surface area contributed by atoms with Gasteiger partial charge in [0.2, 0.25) is 5.91 Å². The van der Waals surface area contributed by atoms with Crippen LogP contribution in [0.5, 0.6) is 5.75 Å². The minimum Gasteiger partial charge on any atom is -0.494 e. The van der Waals surface area contributed by atoms with Gasteiger partial charge in [-0.1, -0.05) is 55.8 Å². The number of alkyl halides is 2. The number of halogens is 2. The summed E-state index contributed by atoms with van der Waals surface area (Å²) in [5, 5.41) is 4.06. The van der Waals surface area contributed by atoms with Crippen molar-refractivity contribution in [2.45, 2.75) is 76.2 Å². The van der Waals surface area contributed by atoms with Gasteiger partial charge in [-0.15, -0.1) is 0 Å². The zero-order chi connectivity index (χ0) is 34.4. The number of carbonyl (C=O) groups excluding carboxylic acids is 1. The van der Waals surface area contributed by atoms with Crippen LogP contribution >= 0.6 is 0 Å². The summed E-state index contributed by atoms with van der Waals surface area (Å²) in [6.07, 6.45) is 2.77. The molecule has 2 aromatic carbocycles. The third kappa shape index (κ3) is 10.2. The summed E-state index contributed by atoms with van der Waals surface area (Å²) in [6.45, 7) is 10.1. The maximum absolute atomic E-state index is 13.4. The molecule has 0 spiro atoms. The molecule has 0 unspecified atom stereocenters. The number of hydrogen-bond acceptors (Lipinski definition) is 9. The molecule has 3 heterocycles. The van der Waals surface area contributed by atoms with Gasteiger partial charge in [0.1, 0.15) is 11.8 Å². The molecule has 2 fully saturated rings. The van der Waals surface area contributed by atoms with Crippen molar-refractivity contribution in [3.63, 3.8) is 0 Å². The van der Waals surface area contributed by atoms with Crippen LogP contribution in [0.25, 0.3) is 0 Å². The quantitative estimate of drug-likeness (QED) is 0.259. The van der Waals surface area contributed by atoms with Crippen molar-refractivity contribution in [3.8, 4) is 5.75 Å². The molecule has 1 amide bonds. The fourth-order valence-corrected chi connectivity index (χ4v) is 6.07. The highest BCUT2D eigenvalue weighted by Crippen LogP contribution is 2.31. The lowest BCUT2D eigenvalue weighted by atomic mass is 9.84. The maximum Gasteiger partial charge on any atom is 0.324 e. The van der Waals surface area contributed by atoms with Gasteiger partial charge < -0.3 is 24.8 Å². The molecule has 11 nitrogen and oxygen atoms in total. The van der Waals surface area contributed by atoms with Gasteiger partial charge >= 0.3 is 6.01 Å². The molecule has 5 rings (SSSR count). The first kappa shape index (κ1) is 36.2. The van der Waals surface area contributed by atoms with Crippen molar-refractivity contribution in [2.24, 2.45) is 17.6 Å². The molecule has 2 atom stereocenters. The summed E-state index contributed by atoms with van der Waals surface area (Å²) in [6, 6.07) is 12.7. The third-order valence-corrected chi connectivity index (χ3v) is 9.58. The van der Waals surface area contributed by atoms with Crippen molar-refractivity contribution in [1.82, 2.24) is 15.0 Å². The van der Waals surface area contributed by atoms with E-state index in [9.17, 15) is 22.0 Å². The third-order valence-electron chi connectivity index (χ3n) is 8.71. The first-order valence-corrected chi connectivity index (χ1v) is 17.3. The van der Waals surface area contributed by atoms with Gasteiger partial charge in [-0.3, -0.25) is 9.35 Å². The summed E-state index contributed by atoms with van der Waals surface area (Å²) in [5.74, 6) is -0.471. The van der Waals surface area contributed by atoms with E-state index < -0.39 is 34.5 Å². The number of carbonyl (C=O) groups is 1. The highest BCUT2D eigenvalue weighted by molar-refractivity contribution is 7.85. The number of hydrogen-bond donors (Lipinski definition) is 2. The number of aryl methyl sites for hydroxylation is 1. The molecule has 258 valence electrons. The normalized spacial score (nSPS) is 18.1. The van der Waals surface area contributed by atoms with Gasteiger partial charge in [-0.2, -0.15) is 13.4 Å². The second kappa shape index (κ2) is 15.5. The van der Waals surface area contributed by atoms with Crippen LogP contribution < -0.4 is 15.4 Å². The van der Waals surface area contributed by atoms with Gasteiger partial charge in [0.15, 0.2) is 5.82 Å². The highest BCUT2D eigenvalue weighted by atomic mass is 32.2. The van der Waals surface area contributed by atoms with E-state index in [2.05, 4.69) is 35.8 Å². The number of rotatable bonds is 10. The minimum atomic E-state index is -4.02. The molecule has 3 aromatic rings. The lowest BCUT2D eigenvalue weighted by Crippen LogP contribution is -2.38. The Balaban J connectivity index is 0.000000385. The number of piperidine rings is 1. The number of nitrogens with two attached hydrogens (primary N) is 1. The summed E-state index contributed by atoms with van der Waals surface area (Å²) >= 11 is 0. The SMILES string of the molecule is CC(C)c1noc(N2CCC([C@H](C)CCOc3ccc([C@H](N)C(=O)N4CCC(F)(F)C4)cc3)CC2)n1.Cc1ccc(S(=O)(=O)O)cc1. The molecule has 14 heteroatoms. The number of amides is 1. The predicted octanol–water partition coefficient (Wildman–Crippen LogP) is 5.62. The summed E-state index contributed by atoms with van der Waals surface area (Å²) in [7, 11) is -4.02. The Hall–Kier alpha value is -3.62. The van der Waals surface area contributed by atoms with E-state index in [4.69, 9.17) is 19.5 Å². The van der Waals surface area contributed by atoms with Crippen LogP contribution in [0.1, 0.15) is 75.4 Å². The first-order chi connectivity index (χ1) is 22.1. The lowest BCUT2D eigenvalue weighted by molar-refractivity contribution is -0.133. The highest BCUT2D eigenvalue weighted by Gasteiger charge is 2.41. The molecular weight excluding hydrogens is 632 g/mol. The number of likely N-dealkylation sites (tertiary alicyclic amines) is 1. The molecule has 2 aliphatic rings. The average molecular weight is 678 g/mol. The van der Waals surface area contributed by atoms with E-state index in [1.165, 1.54) is 12.1 Å². The van der Waals surface area contributed by atoms with Crippen molar-refractivity contribution in [2.75, 3.05) is 37.7 Å². The molecule has 2 aliphatic heterocycles. The van der Waals surface area contributed by atoms with Gasteiger partial charge in [0, 0.05) is 32.0 Å². The molecule has 0 saturated carbocycles. The molecular formula is C33H45F2N5O6S. The summed E-state index contributed by atoms with van der Waals surface area (Å²) < 4.78 is 67.7. The molecule has 1 aromatic heterocycles. The average Bonchev–Trinajstić information content (AvgIpc) is 3.68. The Morgan fingerprint density at radius 3 is 2.26 bits per heavy atom. The van der Waals surface area contributed by atoms with Gasteiger partial charge in [0.25, 0.3) is 16.0 Å². The van der Waals surface area contributed by atoms with E-state index in [0.717, 1.165) is 48.6 Å². The number of benzene rings is 2. The number of anilines is 1. The summed E-state index contributed by atoms with van der Waals surface area (Å²) in [4.78, 5) is 20.2. The second-order valence-electron chi connectivity index (χ2n) is 12.7. The molecule has 0 bridgehead atoms. The van der Waals surface area contributed by atoms with Gasteiger partial charge in [-0.25, -0.2) is 8.78 Å². The van der Waals surface area contributed by atoms with E-state index >= 15 is 0 Å². The predicted molar refractivity (Wildman–Crippen MR) is 173 cm³/mol. The molecule has 0 aliphatic carbocycles. The standard InChI is InChI=1S/C26H37F2N5O3.C7H8O3S/c1-17(2)23-30-25(36-31-23)32-12-8-19(9-13-32)18(3)10-15-35-21-6-4-20(5-7-21)22(29)24(34)33-14-11-26(27,28)16-33;1-6-2-4-7(5-3-6)11(8,9)10/h4-7,17-19,22H,8-16,29H2,1-3H3;2-5H,1H3,(H,8,9,10)/t18-,22+;/m1./s1. The van der Waals surface area contributed by atoms with E-state index in [1.807, 2.05) is 6.92 Å². The first-order valence-electron chi connectivity index (χ1n) is 15.9. The van der Waals surface area contributed by atoms with Crippen LogP contribution in [-0.2, 0) is 14.9 Å². The molecule has 0 radical (unpaired) electrons. The van der Waals surface area contributed by atoms with Crippen LogP contribution in [0, 0.1) is 18.8 Å². The number of ether oxygens (including phenoxy) is 1. The van der Waals surface area contributed by atoms with Gasteiger partial charge in [0.05, 0.1) is 18.0 Å². The number of nitrogens with zero attached hydrogens (tertiary/aromatic N) is 4.